The van der Waals surface area contributed by atoms with Crippen LogP contribution >= 0.6 is 0 Å². The van der Waals surface area contributed by atoms with E-state index in [1.807, 2.05) is 0 Å². The minimum Gasteiger partial charge on any atom is -0.494 e. The maximum absolute atomic E-state index is 14.1. The highest BCUT2D eigenvalue weighted by Gasteiger charge is 2.21. The smallest absolute Gasteiger partial charge is 0.162 e. The Morgan fingerprint density at radius 3 is 2.53 bits per heavy atom. The van der Waals surface area contributed by atoms with Gasteiger partial charge in [0.1, 0.15) is 28.9 Å². The third kappa shape index (κ3) is 4.17. The van der Waals surface area contributed by atoms with Crippen LogP contribution in [0, 0.1) is 17.5 Å². The molecule has 4 heterocycles. The minimum absolute atomic E-state index is 0.151. The van der Waals surface area contributed by atoms with Crippen molar-refractivity contribution in [3.63, 3.8) is 0 Å². The van der Waals surface area contributed by atoms with Crippen molar-refractivity contribution in [1.29, 1.82) is 0 Å². The Balaban J connectivity index is 1.58. The van der Waals surface area contributed by atoms with Gasteiger partial charge in [0, 0.05) is 50.1 Å². The highest BCUT2D eigenvalue weighted by atomic mass is 19.1. The predicted octanol–water partition coefficient (Wildman–Crippen LogP) is 3.67. The van der Waals surface area contributed by atoms with E-state index in [0.717, 1.165) is 31.6 Å². The Labute approximate surface area is 192 Å². The van der Waals surface area contributed by atoms with Gasteiger partial charge >= 0.3 is 0 Å². The van der Waals surface area contributed by atoms with Gasteiger partial charge in [-0.25, -0.2) is 28.1 Å². The van der Waals surface area contributed by atoms with Crippen LogP contribution in [-0.4, -0.2) is 53.2 Å². The molecule has 2 N–H and O–H groups in total. The average Bonchev–Trinajstić information content (AvgIpc) is 2.86. The number of hydrogen-bond acceptors (Lipinski definition) is 8. The van der Waals surface area contributed by atoms with Crippen molar-refractivity contribution >= 4 is 28.2 Å². The van der Waals surface area contributed by atoms with Crippen molar-refractivity contribution in [3.05, 3.63) is 60.3 Å². The first-order chi connectivity index (χ1) is 16.5. The molecule has 1 aliphatic rings. The van der Waals surface area contributed by atoms with Crippen LogP contribution in [0.3, 0.4) is 0 Å². The molecule has 11 heteroatoms. The quantitative estimate of drug-likeness (QED) is 0.460. The Hall–Kier alpha value is -3.99. The number of hydrogen-bond donors (Lipinski definition) is 2. The highest BCUT2D eigenvalue weighted by Crippen LogP contribution is 2.34. The van der Waals surface area contributed by atoms with E-state index in [-0.39, 0.29) is 5.82 Å². The molecule has 0 unspecified atom stereocenters. The number of piperazine rings is 1. The van der Waals surface area contributed by atoms with Gasteiger partial charge in [-0.15, -0.1) is 0 Å². The molecule has 4 aromatic rings. The molecular formula is C23H20F3N7O. The lowest BCUT2D eigenvalue weighted by Gasteiger charge is -2.29. The number of ether oxygens (including phenoxy) is 1. The number of fused-ring (bicyclic) bond motifs is 1. The van der Waals surface area contributed by atoms with E-state index in [2.05, 4.69) is 30.5 Å². The Morgan fingerprint density at radius 2 is 1.79 bits per heavy atom. The second kappa shape index (κ2) is 9.10. The van der Waals surface area contributed by atoms with Crippen LogP contribution in [0.1, 0.15) is 0 Å². The van der Waals surface area contributed by atoms with Gasteiger partial charge in [-0.3, -0.25) is 4.98 Å². The van der Waals surface area contributed by atoms with Gasteiger partial charge in [0.2, 0.25) is 0 Å². The molecule has 0 amide bonds. The minimum atomic E-state index is -1.06. The number of nitrogens with zero attached hydrogens (tertiary/aromatic N) is 5. The second-order valence-electron chi connectivity index (χ2n) is 7.64. The summed E-state index contributed by atoms with van der Waals surface area (Å²) in [6.45, 7) is 3.13. The molecule has 0 spiro atoms. The molecule has 1 aromatic carbocycles. The van der Waals surface area contributed by atoms with Gasteiger partial charge in [-0.05, 0) is 12.1 Å². The molecule has 1 aliphatic heterocycles. The van der Waals surface area contributed by atoms with Crippen LogP contribution in [0.4, 0.5) is 30.5 Å². The number of pyridine rings is 2. The zero-order valence-corrected chi connectivity index (χ0v) is 18.1. The number of nitrogens with one attached hydrogen (secondary N) is 2. The van der Waals surface area contributed by atoms with E-state index < -0.39 is 23.1 Å². The molecule has 0 radical (unpaired) electrons. The first-order valence-corrected chi connectivity index (χ1v) is 10.6. The van der Waals surface area contributed by atoms with E-state index >= 15 is 0 Å². The van der Waals surface area contributed by atoms with E-state index in [1.165, 1.54) is 6.20 Å². The topological polar surface area (TPSA) is 88.1 Å². The third-order valence-corrected chi connectivity index (χ3v) is 5.47. The predicted molar refractivity (Wildman–Crippen MR) is 122 cm³/mol. The molecule has 8 nitrogen and oxygen atoms in total. The lowest BCUT2D eigenvalue weighted by molar-refractivity contribution is 0.418. The first-order valence-electron chi connectivity index (χ1n) is 10.6. The van der Waals surface area contributed by atoms with Crippen molar-refractivity contribution < 1.29 is 17.9 Å². The van der Waals surface area contributed by atoms with E-state index in [1.54, 1.807) is 31.6 Å². The molecule has 1 saturated heterocycles. The Kier molecular flexibility index (Phi) is 5.84. The van der Waals surface area contributed by atoms with Crippen molar-refractivity contribution in [2.24, 2.45) is 0 Å². The number of rotatable bonds is 5. The van der Waals surface area contributed by atoms with Crippen molar-refractivity contribution in [1.82, 2.24) is 25.3 Å². The van der Waals surface area contributed by atoms with Gasteiger partial charge in [0.15, 0.2) is 17.5 Å². The zero-order valence-electron chi connectivity index (χ0n) is 18.1. The van der Waals surface area contributed by atoms with Gasteiger partial charge < -0.3 is 20.3 Å². The van der Waals surface area contributed by atoms with E-state index in [9.17, 15) is 13.2 Å². The Bertz CT molecular complexity index is 1340. The average molecular weight is 467 g/mol. The summed E-state index contributed by atoms with van der Waals surface area (Å²) in [7, 11) is 1.57. The molecule has 0 bridgehead atoms. The van der Waals surface area contributed by atoms with Crippen LogP contribution in [-0.2, 0) is 0 Å². The third-order valence-electron chi connectivity index (χ3n) is 5.47. The molecule has 0 saturated carbocycles. The van der Waals surface area contributed by atoms with Crippen molar-refractivity contribution in [2.75, 3.05) is 43.5 Å². The van der Waals surface area contributed by atoms with Crippen LogP contribution in [0.25, 0.3) is 22.3 Å². The summed E-state index contributed by atoms with van der Waals surface area (Å²) in [5.41, 5.74) is 0.669. The molecule has 5 rings (SSSR count). The van der Waals surface area contributed by atoms with Gasteiger partial charge in [0.05, 0.1) is 30.4 Å². The summed E-state index contributed by atoms with van der Waals surface area (Å²) in [6.07, 6.45) is 4.73. The van der Waals surface area contributed by atoms with Gasteiger partial charge in [-0.1, -0.05) is 0 Å². The summed E-state index contributed by atoms with van der Waals surface area (Å²) in [4.78, 5) is 20.0. The molecule has 0 atom stereocenters. The number of aromatic nitrogens is 4. The van der Waals surface area contributed by atoms with Gasteiger partial charge in [-0.2, -0.15) is 0 Å². The number of benzene rings is 1. The fourth-order valence-electron chi connectivity index (χ4n) is 3.85. The monoisotopic (exact) mass is 467 g/mol. The number of anilines is 3. The maximum atomic E-state index is 14.1. The molecular weight excluding hydrogens is 447 g/mol. The van der Waals surface area contributed by atoms with Crippen LogP contribution in [0.2, 0.25) is 0 Å². The molecule has 174 valence electrons. The van der Waals surface area contributed by atoms with Crippen molar-refractivity contribution in [2.45, 2.75) is 0 Å². The second-order valence-corrected chi connectivity index (χ2v) is 7.64. The van der Waals surface area contributed by atoms with Crippen LogP contribution < -0.4 is 20.3 Å². The summed E-state index contributed by atoms with van der Waals surface area (Å²) >= 11 is 0. The van der Waals surface area contributed by atoms with Crippen LogP contribution in [0.5, 0.6) is 5.75 Å². The van der Waals surface area contributed by atoms with Crippen LogP contribution in [0.15, 0.2) is 42.9 Å². The summed E-state index contributed by atoms with van der Waals surface area (Å²) in [6, 6.07) is 4.46. The number of methoxy groups -OCH3 is 1. The summed E-state index contributed by atoms with van der Waals surface area (Å²) in [5, 5.41) is 6.65. The summed E-state index contributed by atoms with van der Waals surface area (Å²) < 4.78 is 47.0. The standard InChI is InChI=1S/C23H20F3N7O/c1-34-18-12-28-11-17-20(18)23(33-6-4-27-5-7-33)32-22(30-17)13-2-3-29-19(8-13)31-21-15(25)9-14(24)10-16(21)26/h2-3,8-12,27H,4-7H2,1H3,(H,29,31). The molecule has 3 aromatic heterocycles. The zero-order chi connectivity index (χ0) is 23.7. The fraction of sp³-hybridized carbons (Fsp3) is 0.217. The largest absolute Gasteiger partial charge is 0.494 e. The molecule has 0 aliphatic carbocycles. The normalized spacial score (nSPS) is 13.8. The SMILES string of the molecule is COc1cncc2nc(-c3ccnc(Nc4c(F)cc(F)cc4F)c3)nc(N3CCNCC3)c12. The molecule has 34 heavy (non-hydrogen) atoms. The maximum Gasteiger partial charge on any atom is 0.162 e. The lowest BCUT2D eigenvalue weighted by Crippen LogP contribution is -2.44. The lowest BCUT2D eigenvalue weighted by atomic mass is 10.2. The van der Waals surface area contributed by atoms with Crippen molar-refractivity contribution in [3.8, 4) is 17.1 Å². The first kappa shape index (κ1) is 21.8. The molecule has 1 fully saturated rings. The fourth-order valence-corrected chi connectivity index (χ4v) is 3.85. The van der Waals surface area contributed by atoms with E-state index in [4.69, 9.17) is 9.72 Å². The number of halogens is 3. The van der Waals surface area contributed by atoms with E-state index in [0.29, 0.717) is 40.6 Å². The summed E-state index contributed by atoms with van der Waals surface area (Å²) in [5.74, 6) is -1.31. The highest BCUT2D eigenvalue weighted by molar-refractivity contribution is 5.95. The van der Waals surface area contributed by atoms with Gasteiger partial charge in [0.25, 0.3) is 0 Å². The Morgan fingerprint density at radius 1 is 1.03 bits per heavy atom.